The first kappa shape index (κ1) is 21.9. The fourth-order valence-corrected chi connectivity index (χ4v) is 5.38. The van der Waals surface area contributed by atoms with Crippen LogP contribution in [0.1, 0.15) is 59.1 Å². The summed E-state index contributed by atoms with van der Waals surface area (Å²) in [6, 6.07) is 4.04. The summed E-state index contributed by atoms with van der Waals surface area (Å²) in [6.07, 6.45) is 1.61. The number of aryl methyl sites for hydroxylation is 2. The van der Waals surface area contributed by atoms with Crippen LogP contribution in [0.2, 0.25) is 0 Å². The third kappa shape index (κ3) is 4.37. The number of nitrogens with one attached hydrogen (secondary N) is 1. The van der Waals surface area contributed by atoms with Gasteiger partial charge in [0.2, 0.25) is 0 Å². The van der Waals surface area contributed by atoms with E-state index >= 15 is 0 Å². The van der Waals surface area contributed by atoms with Gasteiger partial charge < -0.3 is 10.1 Å². The summed E-state index contributed by atoms with van der Waals surface area (Å²) in [5, 5.41) is 8.72. The number of amides is 1. The molecule has 1 fully saturated rings. The van der Waals surface area contributed by atoms with Crippen molar-refractivity contribution in [2.24, 2.45) is 0 Å². The SMILES string of the molecule is CCn1nc(C)c(CN2CCOC(c3c(C(=O)NC(C)C)sc4ncccc34)C2)c1C. The number of thiophene rings is 1. The Kier molecular flexibility index (Phi) is 6.41. The predicted molar refractivity (Wildman–Crippen MR) is 124 cm³/mol. The zero-order valence-corrected chi connectivity index (χ0v) is 19.8. The fourth-order valence-electron chi connectivity index (χ4n) is 4.28. The van der Waals surface area contributed by atoms with Crippen LogP contribution >= 0.6 is 11.3 Å². The number of fused-ring (bicyclic) bond motifs is 1. The molecule has 0 saturated carbocycles. The van der Waals surface area contributed by atoms with Crippen molar-refractivity contribution >= 4 is 27.5 Å². The average Bonchev–Trinajstić information content (AvgIpc) is 3.26. The lowest BCUT2D eigenvalue weighted by atomic mass is 10.0. The molecule has 4 heterocycles. The van der Waals surface area contributed by atoms with Gasteiger partial charge in [-0.15, -0.1) is 11.3 Å². The first-order valence-electron chi connectivity index (χ1n) is 10.9. The molecule has 1 unspecified atom stereocenters. The number of hydrogen-bond donors (Lipinski definition) is 1. The largest absolute Gasteiger partial charge is 0.371 e. The van der Waals surface area contributed by atoms with Crippen molar-refractivity contribution in [1.29, 1.82) is 0 Å². The van der Waals surface area contributed by atoms with E-state index in [1.807, 2.05) is 26.0 Å². The molecule has 0 spiro atoms. The number of rotatable bonds is 6. The molecule has 1 saturated heterocycles. The molecule has 1 aliphatic rings. The lowest BCUT2D eigenvalue weighted by Crippen LogP contribution is -2.39. The Morgan fingerprint density at radius 2 is 2.19 bits per heavy atom. The van der Waals surface area contributed by atoms with Crippen molar-refractivity contribution in [2.45, 2.75) is 59.9 Å². The van der Waals surface area contributed by atoms with Crippen molar-refractivity contribution in [3.8, 4) is 0 Å². The third-order valence-corrected chi connectivity index (χ3v) is 6.94. The summed E-state index contributed by atoms with van der Waals surface area (Å²) in [6.45, 7) is 14.2. The molecule has 166 valence electrons. The first-order valence-corrected chi connectivity index (χ1v) is 11.8. The second-order valence-electron chi connectivity index (χ2n) is 8.39. The molecule has 0 radical (unpaired) electrons. The third-order valence-electron chi connectivity index (χ3n) is 5.82. The summed E-state index contributed by atoms with van der Waals surface area (Å²) < 4.78 is 8.28. The Bertz CT molecular complexity index is 1090. The van der Waals surface area contributed by atoms with E-state index in [2.05, 4.69) is 45.8 Å². The second kappa shape index (κ2) is 9.06. The van der Waals surface area contributed by atoms with E-state index in [-0.39, 0.29) is 18.1 Å². The van der Waals surface area contributed by atoms with E-state index in [4.69, 9.17) is 4.74 Å². The van der Waals surface area contributed by atoms with Crippen LogP contribution < -0.4 is 5.32 Å². The van der Waals surface area contributed by atoms with Gasteiger partial charge in [0.25, 0.3) is 5.91 Å². The number of carbonyl (C=O) groups excluding carboxylic acids is 1. The first-order chi connectivity index (χ1) is 14.9. The molecular weight excluding hydrogens is 410 g/mol. The highest BCUT2D eigenvalue weighted by molar-refractivity contribution is 7.20. The topological polar surface area (TPSA) is 72.3 Å². The van der Waals surface area contributed by atoms with Crippen molar-refractivity contribution in [1.82, 2.24) is 25.0 Å². The number of hydrogen-bond acceptors (Lipinski definition) is 6. The van der Waals surface area contributed by atoms with Crippen LogP contribution in [0.3, 0.4) is 0 Å². The van der Waals surface area contributed by atoms with Crippen LogP contribution in [0.5, 0.6) is 0 Å². The van der Waals surface area contributed by atoms with E-state index < -0.39 is 0 Å². The van der Waals surface area contributed by atoms with E-state index in [1.54, 1.807) is 6.20 Å². The fraction of sp³-hybridized carbons (Fsp3) is 0.522. The molecule has 3 aromatic heterocycles. The van der Waals surface area contributed by atoms with Gasteiger partial charge in [0.1, 0.15) is 9.71 Å². The molecule has 1 atom stereocenters. The average molecular weight is 442 g/mol. The van der Waals surface area contributed by atoms with Gasteiger partial charge in [0.05, 0.1) is 18.4 Å². The van der Waals surface area contributed by atoms with E-state index in [0.29, 0.717) is 11.5 Å². The van der Waals surface area contributed by atoms with Crippen LogP contribution in [-0.2, 0) is 17.8 Å². The number of carbonyl (C=O) groups is 1. The highest BCUT2D eigenvalue weighted by Gasteiger charge is 2.31. The standard InChI is InChI=1S/C23H31N5O2S/c1-6-28-16(5)18(15(4)26-28)12-27-10-11-30-19(13-27)20-17-8-7-9-24-23(17)31-21(20)22(29)25-14(2)3/h7-9,14,19H,6,10-13H2,1-5H3,(H,25,29). The number of morpholine rings is 1. The van der Waals surface area contributed by atoms with Gasteiger partial charge in [0, 0.05) is 60.6 Å². The van der Waals surface area contributed by atoms with Crippen molar-refractivity contribution in [2.75, 3.05) is 19.7 Å². The molecule has 31 heavy (non-hydrogen) atoms. The Morgan fingerprint density at radius 3 is 2.90 bits per heavy atom. The quantitative estimate of drug-likeness (QED) is 0.629. The predicted octanol–water partition coefficient (Wildman–Crippen LogP) is 3.84. The smallest absolute Gasteiger partial charge is 0.262 e. The molecule has 1 aliphatic heterocycles. The minimum atomic E-state index is -0.165. The van der Waals surface area contributed by atoms with Gasteiger partial charge in [-0.1, -0.05) is 6.07 Å². The number of pyridine rings is 1. The van der Waals surface area contributed by atoms with E-state index in [9.17, 15) is 4.79 Å². The molecule has 4 rings (SSSR count). The Labute approximate surface area is 187 Å². The van der Waals surface area contributed by atoms with Crippen LogP contribution in [0, 0.1) is 13.8 Å². The van der Waals surface area contributed by atoms with Gasteiger partial charge in [-0.05, 0) is 40.7 Å². The van der Waals surface area contributed by atoms with Crippen LogP contribution in [0.4, 0.5) is 0 Å². The summed E-state index contributed by atoms with van der Waals surface area (Å²) in [7, 11) is 0. The Balaban J connectivity index is 1.64. The maximum absolute atomic E-state index is 13.0. The van der Waals surface area contributed by atoms with Gasteiger partial charge >= 0.3 is 0 Å². The minimum absolute atomic E-state index is 0.0513. The maximum Gasteiger partial charge on any atom is 0.262 e. The lowest BCUT2D eigenvalue weighted by molar-refractivity contribution is -0.0324. The van der Waals surface area contributed by atoms with Crippen LogP contribution in [0.25, 0.3) is 10.2 Å². The van der Waals surface area contributed by atoms with Crippen LogP contribution in [-0.4, -0.2) is 51.3 Å². The summed E-state index contributed by atoms with van der Waals surface area (Å²) >= 11 is 1.45. The summed E-state index contributed by atoms with van der Waals surface area (Å²) in [4.78, 5) is 21.5. The zero-order chi connectivity index (χ0) is 22.1. The highest BCUT2D eigenvalue weighted by atomic mass is 32.1. The molecule has 3 aromatic rings. The normalized spacial score (nSPS) is 17.5. The van der Waals surface area contributed by atoms with E-state index in [1.165, 1.54) is 22.6 Å². The maximum atomic E-state index is 13.0. The van der Waals surface area contributed by atoms with Crippen molar-refractivity contribution < 1.29 is 9.53 Å². The van der Waals surface area contributed by atoms with Gasteiger partial charge in [-0.3, -0.25) is 14.4 Å². The Hall–Kier alpha value is -2.29. The molecule has 1 amide bonds. The highest BCUT2D eigenvalue weighted by Crippen LogP contribution is 2.37. The molecule has 0 aromatic carbocycles. The summed E-state index contributed by atoms with van der Waals surface area (Å²) in [5.74, 6) is -0.0513. The van der Waals surface area contributed by atoms with Gasteiger partial charge in [-0.25, -0.2) is 4.98 Å². The van der Waals surface area contributed by atoms with Gasteiger partial charge in [0.15, 0.2) is 0 Å². The minimum Gasteiger partial charge on any atom is -0.371 e. The molecule has 7 nitrogen and oxygen atoms in total. The zero-order valence-electron chi connectivity index (χ0n) is 18.9. The molecule has 0 bridgehead atoms. The number of nitrogens with zero attached hydrogens (tertiary/aromatic N) is 4. The number of ether oxygens (including phenoxy) is 1. The molecular formula is C23H31N5O2S. The van der Waals surface area contributed by atoms with Gasteiger partial charge in [-0.2, -0.15) is 5.10 Å². The van der Waals surface area contributed by atoms with Crippen LogP contribution in [0.15, 0.2) is 18.3 Å². The second-order valence-corrected chi connectivity index (χ2v) is 9.39. The Morgan fingerprint density at radius 1 is 1.39 bits per heavy atom. The van der Waals surface area contributed by atoms with E-state index in [0.717, 1.165) is 47.7 Å². The van der Waals surface area contributed by atoms with Crippen molar-refractivity contribution in [3.05, 3.63) is 45.7 Å². The monoisotopic (exact) mass is 441 g/mol. The number of aromatic nitrogens is 3. The summed E-state index contributed by atoms with van der Waals surface area (Å²) in [5.41, 5.74) is 4.57. The van der Waals surface area contributed by atoms with Crippen molar-refractivity contribution in [3.63, 3.8) is 0 Å². The molecule has 0 aliphatic carbocycles. The molecule has 8 heteroatoms. The molecule has 1 N–H and O–H groups in total. The lowest BCUT2D eigenvalue weighted by Gasteiger charge is -2.33.